The molecule has 0 unspecified atom stereocenters. The minimum absolute atomic E-state index is 0.558. The Morgan fingerprint density at radius 2 is 1.87 bits per heavy atom. The van der Waals surface area contributed by atoms with E-state index >= 15 is 0 Å². The molecule has 1 aromatic rings. The lowest BCUT2D eigenvalue weighted by Crippen LogP contribution is -2.40. The molecule has 0 bridgehead atoms. The van der Waals surface area contributed by atoms with E-state index in [1.54, 1.807) is 6.92 Å². The van der Waals surface area contributed by atoms with E-state index in [0.717, 1.165) is 17.7 Å². The van der Waals surface area contributed by atoms with Crippen molar-refractivity contribution in [2.45, 2.75) is 45.3 Å². The van der Waals surface area contributed by atoms with Crippen molar-refractivity contribution >= 4 is 17.8 Å². The Bertz CT molecular complexity index is 691. The van der Waals surface area contributed by atoms with E-state index < -0.39 is 53.8 Å². The van der Waals surface area contributed by atoms with E-state index in [2.05, 4.69) is 4.98 Å². The molecule has 1 aliphatic rings. The first-order chi connectivity index (χ1) is 10.7. The molecule has 1 saturated heterocycles. The monoisotopic (exact) mass is 329 g/mol. The summed E-state index contributed by atoms with van der Waals surface area (Å²) in [6.07, 6.45) is -3.17. The summed E-state index contributed by atoms with van der Waals surface area (Å²) >= 11 is 0. The number of hydrogen-bond donors (Lipinski definition) is 1. The molecule has 1 fully saturated rings. The first kappa shape index (κ1) is 16.9. The van der Waals surface area contributed by atoms with E-state index in [1.807, 2.05) is 0 Å². The number of rotatable bonds is 3. The summed E-state index contributed by atoms with van der Waals surface area (Å²) in [5.41, 5.74) is 4.34. The van der Waals surface area contributed by atoms with Crippen molar-refractivity contribution in [3.05, 3.63) is 22.5 Å². The maximum atomic E-state index is 13.6. The summed E-state index contributed by atoms with van der Waals surface area (Å²) in [7, 11) is 0. The van der Waals surface area contributed by atoms with Crippen molar-refractivity contribution in [3.8, 4) is 0 Å². The van der Waals surface area contributed by atoms with E-state index in [0.29, 0.717) is 0 Å². The van der Waals surface area contributed by atoms with E-state index in [4.69, 9.17) is 19.9 Å². The summed E-state index contributed by atoms with van der Waals surface area (Å²) in [6, 6.07) is 0. The van der Waals surface area contributed by atoms with Gasteiger partial charge in [0, 0.05) is 13.8 Å². The molecule has 0 saturated carbocycles. The van der Waals surface area contributed by atoms with Crippen molar-refractivity contribution in [3.63, 3.8) is 0 Å². The standard InChI is InChI=1S/C13H16FN3O6/c1-5-9(22-6(2)18)10(23-7(3)19)12(21-5)17-4-8(14)11(15)16-13(17)20/h4-5,9-10,12H,1-3H3,(H2,15,16,20)/t5-,9-,10-,12-/m0/s1. The average molecular weight is 329 g/mol. The molecule has 2 heterocycles. The van der Waals surface area contributed by atoms with Gasteiger partial charge in [-0.25, -0.2) is 9.18 Å². The van der Waals surface area contributed by atoms with Gasteiger partial charge in [0.15, 0.2) is 30.1 Å². The lowest BCUT2D eigenvalue weighted by molar-refractivity contribution is -0.165. The Morgan fingerprint density at radius 1 is 1.30 bits per heavy atom. The van der Waals surface area contributed by atoms with Gasteiger partial charge in [0.05, 0.1) is 12.3 Å². The molecule has 126 valence electrons. The lowest BCUT2D eigenvalue weighted by Gasteiger charge is -2.23. The van der Waals surface area contributed by atoms with Gasteiger partial charge in [-0.2, -0.15) is 4.98 Å². The molecule has 2 rings (SSSR count). The molecule has 9 nitrogen and oxygen atoms in total. The number of carbonyl (C=O) groups excluding carboxylic acids is 2. The molecule has 23 heavy (non-hydrogen) atoms. The van der Waals surface area contributed by atoms with Crippen LogP contribution in [0.5, 0.6) is 0 Å². The van der Waals surface area contributed by atoms with Gasteiger partial charge in [-0.3, -0.25) is 14.2 Å². The van der Waals surface area contributed by atoms with Crippen molar-refractivity contribution in [2.75, 3.05) is 5.73 Å². The molecule has 0 aromatic carbocycles. The number of nitrogens with two attached hydrogens (primary N) is 1. The largest absolute Gasteiger partial charge is 0.456 e. The van der Waals surface area contributed by atoms with Crippen molar-refractivity contribution < 1.29 is 28.2 Å². The van der Waals surface area contributed by atoms with Crippen LogP contribution in [-0.4, -0.2) is 39.8 Å². The second-order valence-electron chi connectivity index (χ2n) is 5.04. The van der Waals surface area contributed by atoms with Crippen LogP contribution in [0.1, 0.15) is 27.0 Å². The van der Waals surface area contributed by atoms with Crippen LogP contribution in [-0.2, 0) is 23.8 Å². The molecule has 10 heteroatoms. The van der Waals surface area contributed by atoms with Crippen LogP contribution in [0.2, 0.25) is 0 Å². The molecule has 0 amide bonds. The summed E-state index contributed by atoms with van der Waals surface area (Å²) < 4.78 is 30.1. The fourth-order valence-corrected chi connectivity index (χ4v) is 2.34. The minimum atomic E-state index is -1.20. The molecule has 0 radical (unpaired) electrons. The van der Waals surface area contributed by atoms with Gasteiger partial charge in [0.25, 0.3) is 0 Å². The van der Waals surface area contributed by atoms with Crippen molar-refractivity contribution in [1.82, 2.24) is 9.55 Å². The zero-order chi connectivity index (χ0) is 17.3. The van der Waals surface area contributed by atoms with Gasteiger partial charge in [-0.05, 0) is 6.92 Å². The molecule has 1 aliphatic heterocycles. The number of esters is 2. The fourth-order valence-electron chi connectivity index (χ4n) is 2.34. The number of aromatic nitrogens is 2. The van der Waals surface area contributed by atoms with Gasteiger partial charge in [0.2, 0.25) is 0 Å². The maximum absolute atomic E-state index is 13.6. The summed E-state index contributed by atoms with van der Waals surface area (Å²) in [4.78, 5) is 37.8. The zero-order valence-electron chi connectivity index (χ0n) is 12.7. The van der Waals surface area contributed by atoms with Gasteiger partial charge < -0.3 is 19.9 Å². The highest BCUT2D eigenvalue weighted by Gasteiger charge is 2.48. The predicted octanol–water partition coefficient (Wildman–Crippen LogP) is -0.255. The molecule has 4 atom stereocenters. The van der Waals surface area contributed by atoms with Crippen LogP contribution in [0.4, 0.5) is 10.2 Å². The van der Waals surface area contributed by atoms with E-state index in [1.165, 1.54) is 6.92 Å². The Morgan fingerprint density at radius 3 is 2.43 bits per heavy atom. The van der Waals surface area contributed by atoms with Crippen LogP contribution in [0, 0.1) is 5.82 Å². The van der Waals surface area contributed by atoms with Crippen LogP contribution >= 0.6 is 0 Å². The fraction of sp³-hybridized carbons (Fsp3) is 0.538. The zero-order valence-corrected chi connectivity index (χ0v) is 12.7. The second kappa shape index (κ2) is 6.32. The van der Waals surface area contributed by atoms with E-state index in [-0.39, 0.29) is 0 Å². The van der Waals surface area contributed by atoms with Gasteiger partial charge in [-0.15, -0.1) is 0 Å². The molecule has 0 spiro atoms. The summed E-state index contributed by atoms with van der Waals surface area (Å²) in [6.45, 7) is 3.90. The lowest BCUT2D eigenvalue weighted by atomic mass is 10.1. The predicted molar refractivity (Wildman–Crippen MR) is 73.6 cm³/mol. The Balaban J connectivity index is 2.43. The second-order valence-corrected chi connectivity index (χ2v) is 5.04. The third-order valence-corrected chi connectivity index (χ3v) is 3.23. The number of anilines is 1. The highest BCUT2D eigenvalue weighted by molar-refractivity contribution is 5.67. The third-order valence-electron chi connectivity index (χ3n) is 3.23. The molecule has 2 N–H and O–H groups in total. The van der Waals surface area contributed by atoms with Crippen LogP contribution < -0.4 is 11.4 Å². The number of nitrogen functional groups attached to an aromatic ring is 1. The average Bonchev–Trinajstić information content (AvgIpc) is 2.70. The van der Waals surface area contributed by atoms with Crippen molar-refractivity contribution in [2.24, 2.45) is 0 Å². The van der Waals surface area contributed by atoms with Gasteiger partial charge in [0.1, 0.15) is 0 Å². The highest BCUT2D eigenvalue weighted by Crippen LogP contribution is 2.33. The quantitative estimate of drug-likeness (QED) is 0.753. The van der Waals surface area contributed by atoms with Crippen molar-refractivity contribution in [1.29, 1.82) is 0 Å². The number of carbonyl (C=O) groups is 2. The Hall–Kier alpha value is -2.49. The summed E-state index contributed by atoms with van der Waals surface area (Å²) in [5.74, 6) is -2.78. The smallest absolute Gasteiger partial charge is 0.351 e. The number of ether oxygens (including phenoxy) is 3. The molecular formula is C13H16FN3O6. The first-order valence-corrected chi connectivity index (χ1v) is 6.74. The SMILES string of the molecule is CC(=O)O[C@@H]1[C@H](OC(C)=O)[C@@H](n2cc(F)c(N)nc2=O)O[C@H]1C. The first-order valence-electron chi connectivity index (χ1n) is 6.74. The third kappa shape index (κ3) is 3.47. The number of hydrogen-bond acceptors (Lipinski definition) is 8. The molecule has 1 aromatic heterocycles. The molecule has 0 aliphatic carbocycles. The highest BCUT2D eigenvalue weighted by atomic mass is 19.1. The van der Waals surface area contributed by atoms with Gasteiger partial charge in [-0.1, -0.05) is 0 Å². The minimum Gasteiger partial charge on any atom is -0.456 e. The van der Waals surface area contributed by atoms with Gasteiger partial charge >= 0.3 is 17.6 Å². The Kier molecular flexibility index (Phi) is 4.64. The maximum Gasteiger partial charge on any atom is 0.351 e. The van der Waals surface area contributed by atoms with Crippen LogP contribution in [0.15, 0.2) is 11.0 Å². The number of nitrogens with zero attached hydrogens (tertiary/aromatic N) is 2. The number of halogens is 1. The van der Waals surface area contributed by atoms with Crippen LogP contribution in [0.3, 0.4) is 0 Å². The molecular weight excluding hydrogens is 313 g/mol. The topological polar surface area (TPSA) is 123 Å². The normalized spacial score (nSPS) is 26.8. The Labute approximate surface area is 130 Å². The van der Waals surface area contributed by atoms with E-state index in [9.17, 15) is 18.8 Å². The van der Waals surface area contributed by atoms with Crippen LogP contribution in [0.25, 0.3) is 0 Å². The summed E-state index contributed by atoms with van der Waals surface area (Å²) in [5, 5.41) is 0.